The van der Waals surface area contributed by atoms with Crippen LogP contribution in [-0.2, 0) is 17.6 Å². The summed E-state index contributed by atoms with van der Waals surface area (Å²) in [5, 5.41) is 9.72. The molecular weight excluding hydrogens is 502 g/mol. The van der Waals surface area contributed by atoms with Crippen LogP contribution in [0.15, 0.2) is 54.7 Å². The van der Waals surface area contributed by atoms with Crippen molar-refractivity contribution in [1.82, 2.24) is 14.9 Å². The third-order valence-corrected chi connectivity index (χ3v) is 7.94. The Balaban J connectivity index is 1.40. The number of fused-ring (bicyclic) bond motifs is 1. The molecule has 0 spiro atoms. The molecule has 9 heteroatoms. The molecule has 1 N–H and O–H groups in total. The smallest absolute Gasteiger partial charge is 0.339 e. The Hall–Kier alpha value is -3.88. The van der Waals surface area contributed by atoms with Gasteiger partial charge < -0.3 is 14.9 Å². The molecule has 0 aliphatic carbocycles. The maximum atomic E-state index is 13.7. The lowest BCUT2D eigenvalue weighted by Gasteiger charge is -2.39. The Morgan fingerprint density at radius 2 is 1.67 bits per heavy atom. The van der Waals surface area contributed by atoms with Gasteiger partial charge in [-0.3, -0.25) is 4.79 Å². The summed E-state index contributed by atoms with van der Waals surface area (Å²) in [5.41, 5.74) is 2.36. The van der Waals surface area contributed by atoms with E-state index >= 15 is 0 Å². The summed E-state index contributed by atoms with van der Waals surface area (Å²) in [6.45, 7) is 5.61. The number of carbonyl (C=O) groups is 2. The number of nitrogens with zero attached hydrogens (tertiary/aromatic N) is 4. The summed E-state index contributed by atoms with van der Waals surface area (Å²) in [7, 11) is 0. The first-order valence-corrected chi connectivity index (χ1v) is 13.4. The summed E-state index contributed by atoms with van der Waals surface area (Å²) >= 11 is 0. The zero-order chi connectivity index (χ0) is 27.7. The van der Waals surface area contributed by atoms with Crippen LogP contribution in [0.5, 0.6) is 0 Å². The minimum absolute atomic E-state index is 0.0392. The van der Waals surface area contributed by atoms with Gasteiger partial charge in [-0.2, -0.15) is 0 Å². The van der Waals surface area contributed by atoms with Gasteiger partial charge in [-0.1, -0.05) is 38.1 Å². The van der Waals surface area contributed by atoms with Crippen molar-refractivity contribution >= 4 is 17.8 Å². The molecule has 2 aliphatic rings. The second kappa shape index (κ2) is 11.1. The minimum atomic E-state index is -1.09. The number of halogens is 2. The number of rotatable bonds is 7. The number of carboxylic acid groups (broad SMARTS) is 1. The summed E-state index contributed by atoms with van der Waals surface area (Å²) in [4.78, 5) is 38.1. The van der Waals surface area contributed by atoms with E-state index in [1.165, 1.54) is 30.5 Å². The maximum absolute atomic E-state index is 13.7. The van der Waals surface area contributed by atoms with E-state index in [-0.39, 0.29) is 46.9 Å². The highest BCUT2D eigenvalue weighted by Gasteiger charge is 2.47. The molecule has 1 amide bonds. The van der Waals surface area contributed by atoms with E-state index in [0.29, 0.717) is 44.1 Å². The van der Waals surface area contributed by atoms with E-state index < -0.39 is 5.97 Å². The van der Waals surface area contributed by atoms with Gasteiger partial charge in [0.15, 0.2) is 0 Å². The Labute approximate surface area is 226 Å². The number of benzene rings is 2. The lowest BCUT2D eigenvalue weighted by atomic mass is 9.82. The number of aromatic carboxylic acids is 1. The number of carbonyl (C=O) groups excluding carboxylic acids is 1. The van der Waals surface area contributed by atoms with Gasteiger partial charge in [-0.15, -0.1) is 0 Å². The summed E-state index contributed by atoms with van der Waals surface area (Å²) in [6.07, 6.45) is 2.98. The number of likely N-dealkylation sites (tertiary alicyclic amines) is 1. The van der Waals surface area contributed by atoms with Crippen LogP contribution >= 0.6 is 0 Å². The lowest BCUT2D eigenvalue weighted by Crippen LogP contribution is -2.49. The van der Waals surface area contributed by atoms with Crippen molar-refractivity contribution in [2.75, 3.05) is 24.5 Å². The molecule has 39 heavy (non-hydrogen) atoms. The van der Waals surface area contributed by atoms with Gasteiger partial charge >= 0.3 is 5.97 Å². The molecule has 3 heterocycles. The summed E-state index contributed by atoms with van der Waals surface area (Å²) in [6, 6.07) is 12.7. The van der Waals surface area contributed by atoms with Gasteiger partial charge in [-0.05, 0) is 54.7 Å². The van der Waals surface area contributed by atoms with Crippen molar-refractivity contribution in [3.63, 3.8) is 0 Å². The molecule has 2 fully saturated rings. The fourth-order valence-electron chi connectivity index (χ4n) is 5.91. The number of aryl methyl sites for hydroxylation is 2. The highest BCUT2D eigenvalue weighted by Crippen LogP contribution is 2.42. The van der Waals surface area contributed by atoms with Crippen molar-refractivity contribution in [2.24, 2.45) is 11.8 Å². The third kappa shape index (κ3) is 5.62. The van der Waals surface area contributed by atoms with Crippen LogP contribution in [0.1, 0.15) is 53.4 Å². The zero-order valence-corrected chi connectivity index (χ0v) is 22.1. The molecule has 2 aromatic carbocycles. The first kappa shape index (κ1) is 26.7. The number of piperidine rings is 1. The second-order valence-electron chi connectivity index (χ2n) is 10.7. The van der Waals surface area contributed by atoms with Crippen LogP contribution in [0.25, 0.3) is 0 Å². The number of anilines is 1. The molecule has 2 saturated heterocycles. The van der Waals surface area contributed by atoms with Gasteiger partial charge in [0.25, 0.3) is 0 Å². The molecule has 204 valence electrons. The number of carboxylic acids is 1. The fourth-order valence-corrected chi connectivity index (χ4v) is 5.91. The third-order valence-electron chi connectivity index (χ3n) is 7.94. The zero-order valence-electron chi connectivity index (χ0n) is 22.1. The number of hydrogen-bond donors (Lipinski definition) is 1. The Morgan fingerprint density at radius 1 is 1.00 bits per heavy atom. The molecule has 5 rings (SSSR count). The molecule has 2 aliphatic heterocycles. The molecule has 3 unspecified atom stereocenters. The van der Waals surface area contributed by atoms with E-state index in [1.807, 2.05) is 18.7 Å². The van der Waals surface area contributed by atoms with E-state index in [0.717, 1.165) is 17.5 Å². The monoisotopic (exact) mass is 534 g/mol. The van der Waals surface area contributed by atoms with E-state index in [9.17, 15) is 23.5 Å². The van der Waals surface area contributed by atoms with Crippen LogP contribution in [-0.4, -0.2) is 57.5 Å². The van der Waals surface area contributed by atoms with E-state index in [1.54, 1.807) is 24.3 Å². The lowest BCUT2D eigenvalue weighted by molar-refractivity contribution is -0.135. The second-order valence-corrected chi connectivity index (χ2v) is 10.7. The molecule has 3 aromatic rings. The SMILES string of the molecule is CC(C)C(=O)N1CC(c2ccc(F)cc2)C2CN(c3ncc(C(=O)O)c(CCc4ccc(F)cc4)n3)CCC21. The quantitative estimate of drug-likeness (QED) is 0.472. The van der Waals surface area contributed by atoms with E-state index in [2.05, 4.69) is 14.9 Å². The number of aromatic nitrogens is 2. The normalized spacial score (nSPS) is 20.8. The topological polar surface area (TPSA) is 86.6 Å². The van der Waals surface area contributed by atoms with Gasteiger partial charge in [0, 0.05) is 49.6 Å². The summed E-state index contributed by atoms with van der Waals surface area (Å²) in [5.74, 6) is -1.12. The Morgan fingerprint density at radius 3 is 2.31 bits per heavy atom. The van der Waals surface area contributed by atoms with Crippen LogP contribution < -0.4 is 4.90 Å². The highest BCUT2D eigenvalue weighted by molar-refractivity contribution is 5.88. The largest absolute Gasteiger partial charge is 0.478 e. The average molecular weight is 535 g/mol. The molecule has 1 aromatic heterocycles. The Bertz CT molecular complexity index is 1350. The molecular formula is C30H32F2N4O3. The van der Waals surface area contributed by atoms with Crippen molar-refractivity contribution < 1.29 is 23.5 Å². The fraction of sp³-hybridized carbons (Fsp3) is 0.400. The van der Waals surface area contributed by atoms with Crippen LogP contribution in [0.2, 0.25) is 0 Å². The maximum Gasteiger partial charge on any atom is 0.339 e. The van der Waals surface area contributed by atoms with Crippen LogP contribution in [0.4, 0.5) is 14.7 Å². The van der Waals surface area contributed by atoms with Crippen molar-refractivity contribution in [1.29, 1.82) is 0 Å². The number of amides is 1. The number of hydrogen-bond acceptors (Lipinski definition) is 5. The van der Waals surface area contributed by atoms with Crippen molar-refractivity contribution in [2.45, 2.75) is 45.1 Å². The van der Waals surface area contributed by atoms with Crippen molar-refractivity contribution in [3.05, 3.63) is 88.7 Å². The summed E-state index contributed by atoms with van der Waals surface area (Å²) < 4.78 is 27.0. The Kier molecular flexibility index (Phi) is 7.59. The minimum Gasteiger partial charge on any atom is -0.478 e. The van der Waals surface area contributed by atoms with Gasteiger partial charge in [0.05, 0.1) is 11.3 Å². The van der Waals surface area contributed by atoms with Crippen molar-refractivity contribution in [3.8, 4) is 0 Å². The first-order valence-electron chi connectivity index (χ1n) is 13.4. The standard InChI is InChI=1S/C30H32F2N4O3/c1-18(2)28(37)36-17-24(20-6-10-22(32)11-7-20)25-16-35(14-13-27(25)36)30-33-15-23(29(38)39)26(34-30)12-5-19-3-8-21(31)9-4-19/h3-4,6-11,15,18,24-25,27H,5,12-14,16-17H2,1-2H3,(H,38,39). The molecule has 0 bridgehead atoms. The van der Waals surface area contributed by atoms with Crippen LogP contribution in [0.3, 0.4) is 0 Å². The predicted octanol–water partition coefficient (Wildman–Crippen LogP) is 4.72. The van der Waals surface area contributed by atoms with Gasteiger partial charge in [-0.25, -0.2) is 23.5 Å². The molecule has 0 radical (unpaired) electrons. The van der Waals surface area contributed by atoms with E-state index in [4.69, 9.17) is 0 Å². The first-order chi connectivity index (χ1) is 18.7. The van der Waals surface area contributed by atoms with Crippen LogP contribution in [0, 0.1) is 23.5 Å². The molecule has 7 nitrogen and oxygen atoms in total. The molecule has 0 saturated carbocycles. The highest BCUT2D eigenvalue weighted by atomic mass is 19.1. The van der Waals surface area contributed by atoms with Gasteiger partial charge in [0.2, 0.25) is 11.9 Å². The molecule has 3 atom stereocenters. The van der Waals surface area contributed by atoms with Gasteiger partial charge in [0.1, 0.15) is 11.6 Å². The predicted molar refractivity (Wildman–Crippen MR) is 143 cm³/mol. The average Bonchev–Trinajstić information content (AvgIpc) is 3.31.